The molecule has 0 unspecified atom stereocenters. The van der Waals surface area contributed by atoms with E-state index in [1.165, 1.54) is 11.0 Å². The van der Waals surface area contributed by atoms with Crippen LogP contribution in [0, 0.1) is 0 Å². The number of nitrogens with zero attached hydrogens (tertiary/aromatic N) is 4. The van der Waals surface area contributed by atoms with Crippen LogP contribution in [0.2, 0.25) is 0 Å². The quantitative estimate of drug-likeness (QED) is 0.674. The van der Waals surface area contributed by atoms with Crippen molar-refractivity contribution in [2.75, 3.05) is 27.2 Å². The summed E-state index contributed by atoms with van der Waals surface area (Å²) in [7, 11) is 3.72. The van der Waals surface area contributed by atoms with Gasteiger partial charge in [0.05, 0.1) is 12.0 Å². The van der Waals surface area contributed by atoms with E-state index in [1.807, 2.05) is 14.1 Å². The monoisotopic (exact) mass is 292 g/mol. The zero-order chi connectivity index (χ0) is 15.4. The maximum atomic E-state index is 12.1. The lowest BCUT2D eigenvalue weighted by molar-refractivity contribution is 0.125. The lowest BCUT2D eigenvalue weighted by Gasteiger charge is -2.31. The Kier molecular flexibility index (Phi) is 4.62. The number of aromatic nitrogens is 1. The van der Waals surface area contributed by atoms with Crippen molar-refractivity contribution in [2.24, 2.45) is 4.99 Å². The van der Waals surface area contributed by atoms with Gasteiger partial charge in [0, 0.05) is 45.5 Å². The van der Waals surface area contributed by atoms with Crippen molar-refractivity contribution in [3.63, 3.8) is 0 Å². The van der Waals surface area contributed by atoms with Crippen molar-refractivity contribution in [2.45, 2.75) is 18.9 Å². The molecule has 1 aliphatic rings. The van der Waals surface area contributed by atoms with Gasteiger partial charge in [0.25, 0.3) is 5.56 Å². The van der Waals surface area contributed by atoms with Crippen LogP contribution in [0.4, 0.5) is 10.5 Å². The van der Waals surface area contributed by atoms with Crippen LogP contribution >= 0.6 is 0 Å². The van der Waals surface area contributed by atoms with Gasteiger partial charge in [0.15, 0.2) is 0 Å². The Morgan fingerprint density at radius 2 is 2.10 bits per heavy atom. The van der Waals surface area contributed by atoms with Crippen LogP contribution in [0.1, 0.15) is 18.9 Å². The SMILES string of the molecule is CN(C)/C=N/c1ccn(C2CCN(C(=O)O)CC2)c(=O)c1. The second-order valence-corrected chi connectivity index (χ2v) is 5.34. The van der Waals surface area contributed by atoms with Crippen LogP contribution in [0.3, 0.4) is 0 Å². The first-order chi connectivity index (χ1) is 9.97. The van der Waals surface area contributed by atoms with E-state index < -0.39 is 6.09 Å². The summed E-state index contributed by atoms with van der Waals surface area (Å²) < 4.78 is 1.67. The number of amides is 1. The van der Waals surface area contributed by atoms with Crippen molar-refractivity contribution >= 4 is 18.1 Å². The minimum absolute atomic E-state index is 0.0555. The highest BCUT2D eigenvalue weighted by Gasteiger charge is 2.23. The van der Waals surface area contributed by atoms with Crippen molar-refractivity contribution in [3.05, 3.63) is 28.7 Å². The molecule has 1 fully saturated rings. The number of hydrogen-bond acceptors (Lipinski definition) is 3. The minimum Gasteiger partial charge on any atom is -0.465 e. The Labute approximate surface area is 123 Å². The minimum atomic E-state index is -0.894. The highest BCUT2D eigenvalue weighted by Crippen LogP contribution is 2.21. The normalized spacial score (nSPS) is 16.4. The van der Waals surface area contributed by atoms with Crippen LogP contribution in [0.5, 0.6) is 0 Å². The van der Waals surface area contributed by atoms with E-state index in [-0.39, 0.29) is 11.6 Å². The van der Waals surface area contributed by atoms with E-state index >= 15 is 0 Å². The number of carboxylic acid groups (broad SMARTS) is 1. The molecule has 2 heterocycles. The fourth-order valence-electron chi connectivity index (χ4n) is 2.38. The Morgan fingerprint density at radius 1 is 1.43 bits per heavy atom. The van der Waals surface area contributed by atoms with E-state index in [4.69, 9.17) is 5.11 Å². The molecule has 7 heteroatoms. The van der Waals surface area contributed by atoms with Crippen molar-refractivity contribution in [3.8, 4) is 0 Å². The molecule has 0 aromatic carbocycles. The molecular formula is C14H20N4O3. The van der Waals surface area contributed by atoms with Crippen molar-refractivity contribution in [1.82, 2.24) is 14.4 Å². The molecule has 0 saturated carbocycles. The standard InChI is InChI=1S/C14H20N4O3/c1-16(2)10-15-11-3-8-18(13(19)9-11)12-4-6-17(7-5-12)14(20)21/h3,8-10,12H,4-7H2,1-2H3,(H,20,21)/b15-10+. The molecule has 0 aliphatic carbocycles. The fourth-order valence-corrected chi connectivity index (χ4v) is 2.38. The third-order valence-electron chi connectivity index (χ3n) is 3.50. The summed E-state index contributed by atoms with van der Waals surface area (Å²) in [4.78, 5) is 30.4. The third-order valence-corrected chi connectivity index (χ3v) is 3.50. The van der Waals surface area contributed by atoms with Crippen LogP contribution in [0.25, 0.3) is 0 Å². The summed E-state index contributed by atoms with van der Waals surface area (Å²) in [6.45, 7) is 0.931. The smallest absolute Gasteiger partial charge is 0.407 e. The first kappa shape index (κ1) is 15.1. The molecule has 0 bridgehead atoms. The predicted molar refractivity (Wildman–Crippen MR) is 80.4 cm³/mol. The Balaban J connectivity index is 2.08. The second kappa shape index (κ2) is 6.43. The molecule has 114 valence electrons. The van der Waals surface area contributed by atoms with Gasteiger partial charge in [-0.2, -0.15) is 0 Å². The van der Waals surface area contributed by atoms with Crippen molar-refractivity contribution in [1.29, 1.82) is 0 Å². The molecule has 0 atom stereocenters. The Morgan fingerprint density at radius 3 is 2.62 bits per heavy atom. The molecule has 2 rings (SSSR count). The largest absolute Gasteiger partial charge is 0.465 e. The number of aliphatic imine (C=N–C) groups is 1. The predicted octanol–water partition coefficient (Wildman–Crippen LogP) is 1.38. The summed E-state index contributed by atoms with van der Waals surface area (Å²) in [5.41, 5.74) is 0.519. The molecule has 21 heavy (non-hydrogen) atoms. The van der Waals surface area contributed by atoms with E-state index in [1.54, 1.807) is 28.1 Å². The molecule has 7 nitrogen and oxygen atoms in total. The van der Waals surface area contributed by atoms with E-state index in [0.717, 1.165) is 0 Å². The summed E-state index contributed by atoms with van der Waals surface area (Å²) >= 11 is 0. The third kappa shape index (κ3) is 3.84. The number of hydrogen-bond donors (Lipinski definition) is 1. The summed E-state index contributed by atoms with van der Waals surface area (Å²) in [6, 6.07) is 3.36. The zero-order valence-electron chi connectivity index (χ0n) is 12.3. The molecule has 0 spiro atoms. The van der Waals surface area contributed by atoms with Crippen LogP contribution in [-0.4, -0.2) is 59.1 Å². The Hall–Kier alpha value is -2.31. The van der Waals surface area contributed by atoms with Gasteiger partial charge in [-0.1, -0.05) is 0 Å². The van der Waals surface area contributed by atoms with Gasteiger partial charge in [0.1, 0.15) is 0 Å². The van der Waals surface area contributed by atoms with Crippen LogP contribution in [-0.2, 0) is 0 Å². The molecular weight excluding hydrogens is 272 g/mol. The maximum Gasteiger partial charge on any atom is 0.407 e. The van der Waals surface area contributed by atoms with E-state index in [2.05, 4.69) is 4.99 Å². The van der Waals surface area contributed by atoms with Crippen molar-refractivity contribution < 1.29 is 9.90 Å². The molecule has 1 aromatic rings. The van der Waals surface area contributed by atoms with Gasteiger partial charge in [0.2, 0.25) is 0 Å². The van der Waals surface area contributed by atoms with Crippen LogP contribution in [0.15, 0.2) is 28.1 Å². The lowest BCUT2D eigenvalue weighted by atomic mass is 10.1. The first-order valence-corrected chi connectivity index (χ1v) is 6.88. The summed E-state index contributed by atoms with van der Waals surface area (Å²) in [6.07, 6.45) is 3.81. The average molecular weight is 292 g/mol. The van der Waals surface area contributed by atoms with Gasteiger partial charge in [-0.15, -0.1) is 0 Å². The van der Waals surface area contributed by atoms with Gasteiger partial charge >= 0.3 is 6.09 Å². The number of likely N-dealkylation sites (tertiary alicyclic amines) is 1. The molecule has 1 N–H and O–H groups in total. The molecule has 0 radical (unpaired) electrons. The highest BCUT2D eigenvalue weighted by molar-refractivity contribution is 5.65. The topological polar surface area (TPSA) is 78.1 Å². The van der Waals surface area contributed by atoms with Gasteiger partial charge in [-0.25, -0.2) is 9.79 Å². The maximum absolute atomic E-state index is 12.1. The van der Waals surface area contributed by atoms with E-state index in [9.17, 15) is 9.59 Å². The number of rotatable bonds is 3. The summed E-state index contributed by atoms with van der Waals surface area (Å²) in [5, 5.41) is 8.93. The molecule has 1 aromatic heterocycles. The summed E-state index contributed by atoms with van der Waals surface area (Å²) in [5.74, 6) is 0. The molecule has 1 amide bonds. The number of pyridine rings is 1. The first-order valence-electron chi connectivity index (χ1n) is 6.88. The average Bonchev–Trinajstić information content (AvgIpc) is 2.45. The van der Waals surface area contributed by atoms with Crippen LogP contribution < -0.4 is 5.56 Å². The number of carbonyl (C=O) groups is 1. The molecule has 1 aliphatic heterocycles. The molecule has 1 saturated heterocycles. The fraction of sp³-hybridized carbons (Fsp3) is 0.500. The zero-order valence-corrected chi connectivity index (χ0v) is 12.3. The van der Waals surface area contributed by atoms with Gasteiger partial charge < -0.3 is 19.5 Å². The highest BCUT2D eigenvalue weighted by atomic mass is 16.4. The second-order valence-electron chi connectivity index (χ2n) is 5.34. The number of piperidine rings is 1. The lowest BCUT2D eigenvalue weighted by Crippen LogP contribution is -2.39. The van der Waals surface area contributed by atoms with Gasteiger partial charge in [-0.3, -0.25) is 4.79 Å². The Bertz CT molecular complexity index is 586. The van der Waals surface area contributed by atoms with Gasteiger partial charge in [-0.05, 0) is 18.9 Å². The van der Waals surface area contributed by atoms with E-state index in [0.29, 0.717) is 31.6 Å².